The van der Waals surface area contributed by atoms with Gasteiger partial charge in [0.15, 0.2) is 0 Å². The molecule has 0 bridgehead atoms. The number of carbonyl (C=O) groups excluding carboxylic acids is 1. The van der Waals surface area contributed by atoms with E-state index in [1.807, 2.05) is 0 Å². The minimum atomic E-state index is -0.319. The van der Waals surface area contributed by atoms with E-state index in [4.69, 9.17) is 22.7 Å². The number of hydrogen-bond donors (Lipinski definition) is 1. The molecule has 0 aliphatic rings. The van der Waals surface area contributed by atoms with Crippen LogP contribution >= 0.6 is 12.2 Å². The summed E-state index contributed by atoms with van der Waals surface area (Å²) in [7, 11) is 1.69. The van der Waals surface area contributed by atoms with Gasteiger partial charge in [0.05, 0.1) is 18.0 Å². The lowest BCUT2D eigenvalue weighted by Gasteiger charge is -2.16. The Morgan fingerprint density at radius 1 is 1.37 bits per heavy atom. The molecular weight excluding hydrogens is 267 g/mol. The topological polar surface area (TPSA) is 55.6 Å². The molecule has 6 heteroatoms. The van der Waals surface area contributed by atoms with Crippen LogP contribution in [0.4, 0.5) is 4.39 Å². The Kier molecular flexibility index (Phi) is 6.21. The zero-order chi connectivity index (χ0) is 14.3. The van der Waals surface area contributed by atoms with Gasteiger partial charge in [-0.25, -0.2) is 4.39 Å². The SMILES string of the molecule is CN(CCC(N)=S)C(=O)CCOc1ccc(F)cc1. The van der Waals surface area contributed by atoms with Crippen LogP contribution in [0.15, 0.2) is 24.3 Å². The second-order valence-electron chi connectivity index (χ2n) is 4.08. The van der Waals surface area contributed by atoms with Crippen molar-refractivity contribution in [2.75, 3.05) is 20.2 Å². The van der Waals surface area contributed by atoms with E-state index in [-0.39, 0.29) is 24.8 Å². The highest BCUT2D eigenvalue weighted by Gasteiger charge is 2.08. The van der Waals surface area contributed by atoms with Gasteiger partial charge in [0, 0.05) is 20.0 Å². The number of ether oxygens (including phenoxy) is 1. The molecule has 1 amide bonds. The lowest BCUT2D eigenvalue weighted by atomic mass is 10.3. The first-order valence-electron chi connectivity index (χ1n) is 5.89. The predicted molar refractivity (Wildman–Crippen MR) is 75.6 cm³/mol. The maximum Gasteiger partial charge on any atom is 0.225 e. The Balaban J connectivity index is 2.26. The first-order chi connectivity index (χ1) is 8.99. The van der Waals surface area contributed by atoms with Crippen molar-refractivity contribution < 1.29 is 13.9 Å². The molecule has 0 unspecified atom stereocenters. The largest absolute Gasteiger partial charge is 0.493 e. The van der Waals surface area contributed by atoms with E-state index in [1.165, 1.54) is 24.3 Å². The molecule has 0 spiro atoms. The van der Waals surface area contributed by atoms with Crippen LogP contribution in [0.1, 0.15) is 12.8 Å². The van der Waals surface area contributed by atoms with Gasteiger partial charge in [0.1, 0.15) is 11.6 Å². The van der Waals surface area contributed by atoms with Gasteiger partial charge < -0.3 is 15.4 Å². The van der Waals surface area contributed by atoms with E-state index in [0.717, 1.165) is 0 Å². The number of halogens is 1. The van der Waals surface area contributed by atoms with Gasteiger partial charge in [0.25, 0.3) is 0 Å². The highest BCUT2D eigenvalue weighted by molar-refractivity contribution is 7.80. The fourth-order valence-corrected chi connectivity index (χ4v) is 1.47. The monoisotopic (exact) mass is 284 g/mol. The van der Waals surface area contributed by atoms with Crippen molar-refractivity contribution in [2.24, 2.45) is 5.73 Å². The molecule has 0 aliphatic carbocycles. The van der Waals surface area contributed by atoms with Gasteiger partial charge in [-0.3, -0.25) is 4.79 Å². The molecule has 0 heterocycles. The van der Waals surface area contributed by atoms with Gasteiger partial charge in [-0.15, -0.1) is 0 Å². The van der Waals surface area contributed by atoms with Crippen molar-refractivity contribution in [3.05, 3.63) is 30.1 Å². The molecule has 4 nitrogen and oxygen atoms in total. The van der Waals surface area contributed by atoms with Crippen LogP contribution < -0.4 is 10.5 Å². The average molecular weight is 284 g/mol. The highest BCUT2D eigenvalue weighted by Crippen LogP contribution is 2.11. The number of carbonyl (C=O) groups is 1. The van der Waals surface area contributed by atoms with E-state index in [2.05, 4.69) is 0 Å². The summed E-state index contributed by atoms with van der Waals surface area (Å²) in [4.78, 5) is 13.7. The second-order valence-corrected chi connectivity index (χ2v) is 4.61. The molecule has 2 N–H and O–H groups in total. The molecule has 0 fully saturated rings. The molecule has 0 saturated heterocycles. The smallest absolute Gasteiger partial charge is 0.225 e. The molecule has 1 aromatic rings. The number of nitrogens with two attached hydrogens (primary N) is 1. The summed E-state index contributed by atoms with van der Waals surface area (Å²) in [5.74, 6) is 0.180. The van der Waals surface area contributed by atoms with Crippen LogP contribution in [-0.4, -0.2) is 36.0 Å². The molecule has 0 atom stereocenters. The summed E-state index contributed by atoms with van der Waals surface area (Å²) >= 11 is 4.75. The Labute approximate surface area is 117 Å². The zero-order valence-electron chi connectivity index (χ0n) is 10.8. The normalized spacial score (nSPS) is 10.0. The fraction of sp³-hybridized carbons (Fsp3) is 0.385. The maximum absolute atomic E-state index is 12.7. The van der Waals surface area contributed by atoms with Gasteiger partial charge in [-0.05, 0) is 24.3 Å². The third kappa shape index (κ3) is 6.15. The Morgan fingerprint density at radius 3 is 2.58 bits per heavy atom. The summed E-state index contributed by atoms with van der Waals surface area (Å²) in [6.07, 6.45) is 0.765. The van der Waals surface area contributed by atoms with E-state index in [9.17, 15) is 9.18 Å². The zero-order valence-corrected chi connectivity index (χ0v) is 11.6. The van der Waals surface area contributed by atoms with Gasteiger partial charge in [-0.1, -0.05) is 12.2 Å². The lowest BCUT2D eigenvalue weighted by Crippen LogP contribution is -2.30. The van der Waals surface area contributed by atoms with Crippen LogP contribution in [0.25, 0.3) is 0 Å². The van der Waals surface area contributed by atoms with Gasteiger partial charge in [0.2, 0.25) is 5.91 Å². The second kappa shape index (κ2) is 7.68. The fourth-order valence-electron chi connectivity index (χ4n) is 1.38. The third-order valence-electron chi connectivity index (χ3n) is 2.52. The molecule has 0 saturated carbocycles. The number of hydrogen-bond acceptors (Lipinski definition) is 3. The molecule has 0 radical (unpaired) electrons. The predicted octanol–water partition coefficient (Wildman–Crippen LogP) is 1.73. The number of rotatable bonds is 7. The Bertz CT molecular complexity index is 437. The van der Waals surface area contributed by atoms with E-state index in [0.29, 0.717) is 23.7 Å². The summed E-state index contributed by atoms with van der Waals surface area (Å²) in [5.41, 5.74) is 5.37. The summed E-state index contributed by atoms with van der Waals surface area (Å²) < 4.78 is 18.0. The summed E-state index contributed by atoms with van der Waals surface area (Å²) in [5, 5.41) is 0. The Hall–Kier alpha value is -1.69. The van der Waals surface area contributed by atoms with E-state index >= 15 is 0 Å². The molecule has 1 rings (SSSR count). The van der Waals surface area contributed by atoms with Gasteiger partial charge >= 0.3 is 0 Å². The Morgan fingerprint density at radius 2 is 2.00 bits per heavy atom. The molecule has 0 aromatic heterocycles. The van der Waals surface area contributed by atoms with Crippen LogP contribution in [0.3, 0.4) is 0 Å². The van der Waals surface area contributed by atoms with Gasteiger partial charge in [-0.2, -0.15) is 0 Å². The molecule has 19 heavy (non-hydrogen) atoms. The molecular formula is C13H17FN2O2S. The summed E-state index contributed by atoms with van der Waals surface area (Å²) in [6, 6.07) is 5.67. The molecule has 104 valence electrons. The van der Waals surface area contributed by atoms with Crippen molar-refractivity contribution >= 4 is 23.1 Å². The highest BCUT2D eigenvalue weighted by atomic mass is 32.1. The maximum atomic E-state index is 12.7. The standard InChI is InChI=1S/C13H17FN2O2S/c1-16(8-6-12(15)19)13(17)7-9-18-11-4-2-10(14)3-5-11/h2-5H,6-9H2,1H3,(H2,15,19). The minimum absolute atomic E-state index is 0.0432. The molecule has 0 aliphatic heterocycles. The van der Waals surface area contributed by atoms with E-state index in [1.54, 1.807) is 11.9 Å². The van der Waals surface area contributed by atoms with Crippen molar-refractivity contribution in [3.8, 4) is 5.75 Å². The van der Waals surface area contributed by atoms with Crippen molar-refractivity contribution in [1.29, 1.82) is 0 Å². The summed E-state index contributed by atoms with van der Waals surface area (Å²) in [6.45, 7) is 0.757. The van der Waals surface area contributed by atoms with Crippen molar-refractivity contribution in [1.82, 2.24) is 4.90 Å². The number of thiocarbonyl (C=S) groups is 1. The van der Waals surface area contributed by atoms with Crippen LogP contribution in [-0.2, 0) is 4.79 Å². The van der Waals surface area contributed by atoms with Crippen LogP contribution in [0.5, 0.6) is 5.75 Å². The van der Waals surface area contributed by atoms with Crippen molar-refractivity contribution in [2.45, 2.75) is 12.8 Å². The molecule has 1 aromatic carbocycles. The number of benzene rings is 1. The van der Waals surface area contributed by atoms with Crippen LogP contribution in [0, 0.1) is 5.82 Å². The quantitative estimate of drug-likeness (QED) is 0.775. The lowest BCUT2D eigenvalue weighted by molar-refractivity contribution is -0.130. The number of nitrogens with zero attached hydrogens (tertiary/aromatic N) is 1. The van der Waals surface area contributed by atoms with Crippen molar-refractivity contribution in [3.63, 3.8) is 0 Å². The minimum Gasteiger partial charge on any atom is -0.493 e. The first kappa shape index (κ1) is 15.4. The third-order valence-corrected chi connectivity index (χ3v) is 2.72. The first-order valence-corrected chi connectivity index (χ1v) is 6.30. The van der Waals surface area contributed by atoms with E-state index < -0.39 is 0 Å². The number of amides is 1. The van der Waals surface area contributed by atoms with Crippen LogP contribution in [0.2, 0.25) is 0 Å². The average Bonchev–Trinajstić information content (AvgIpc) is 2.38.